The SMILES string of the molecule is CCNC(=O)c1ccc(-c2cccc(C(=O)O)c2C)cc1F. The fourth-order valence-corrected chi connectivity index (χ4v) is 2.30. The monoisotopic (exact) mass is 301 g/mol. The van der Waals surface area contributed by atoms with Crippen molar-refractivity contribution in [3.8, 4) is 11.1 Å². The molecule has 0 aliphatic heterocycles. The van der Waals surface area contributed by atoms with Gasteiger partial charge in [-0.1, -0.05) is 18.2 Å². The lowest BCUT2D eigenvalue weighted by molar-refractivity contribution is 0.0696. The summed E-state index contributed by atoms with van der Waals surface area (Å²) >= 11 is 0. The van der Waals surface area contributed by atoms with Gasteiger partial charge in [0.05, 0.1) is 11.1 Å². The van der Waals surface area contributed by atoms with E-state index in [0.717, 1.165) is 0 Å². The minimum absolute atomic E-state index is 0.0300. The van der Waals surface area contributed by atoms with Crippen molar-refractivity contribution < 1.29 is 19.1 Å². The summed E-state index contributed by atoms with van der Waals surface area (Å²) in [5, 5.41) is 11.7. The van der Waals surface area contributed by atoms with Gasteiger partial charge in [-0.15, -0.1) is 0 Å². The lowest BCUT2D eigenvalue weighted by atomic mass is 9.95. The smallest absolute Gasteiger partial charge is 0.335 e. The number of carbonyl (C=O) groups excluding carboxylic acids is 1. The number of carbonyl (C=O) groups is 2. The van der Waals surface area contributed by atoms with Crippen molar-refractivity contribution in [2.75, 3.05) is 6.54 Å². The van der Waals surface area contributed by atoms with Crippen LogP contribution in [0.25, 0.3) is 11.1 Å². The second-order valence-electron chi connectivity index (χ2n) is 4.84. The molecule has 0 bridgehead atoms. The molecular weight excluding hydrogens is 285 g/mol. The number of hydrogen-bond donors (Lipinski definition) is 2. The molecule has 0 saturated carbocycles. The minimum Gasteiger partial charge on any atom is -0.478 e. The highest BCUT2D eigenvalue weighted by Crippen LogP contribution is 2.27. The van der Waals surface area contributed by atoms with Crippen molar-refractivity contribution in [3.05, 3.63) is 58.9 Å². The van der Waals surface area contributed by atoms with Crippen LogP contribution in [0.5, 0.6) is 0 Å². The molecule has 0 radical (unpaired) electrons. The molecule has 114 valence electrons. The Morgan fingerprint density at radius 1 is 1.18 bits per heavy atom. The van der Waals surface area contributed by atoms with Gasteiger partial charge in [-0.05, 0) is 48.7 Å². The number of benzene rings is 2. The van der Waals surface area contributed by atoms with E-state index >= 15 is 0 Å². The summed E-state index contributed by atoms with van der Waals surface area (Å²) < 4.78 is 14.1. The number of aromatic carboxylic acids is 1. The van der Waals surface area contributed by atoms with E-state index < -0.39 is 17.7 Å². The van der Waals surface area contributed by atoms with E-state index in [9.17, 15) is 14.0 Å². The second kappa shape index (κ2) is 6.39. The zero-order valence-corrected chi connectivity index (χ0v) is 12.3. The summed E-state index contributed by atoms with van der Waals surface area (Å²) in [5.41, 5.74) is 1.86. The molecule has 0 aliphatic carbocycles. The van der Waals surface area contributed by atoms with Crippen LogP contribution in [0, 0.1) is 12.7 Å². The van der Waals surface area contributed by atoms with Crippen LogP contribution >= 0.6 is 0 Å². The number of hydrogen-bond acceptors (Lipinski definition) is 2. The summed E-state index contributed by atoms with van der Waals surface area (Å²) in [6.07, 6.45) is 0. The quantitative estimate of drug-likeness (QED) is 0.911. The number of carboxylic acids is 1. The Balaban J connectivity index is 2.47. The second-order valence-corrected chi connectivity index (χ2v) is 4.84. The number of halogens is 1. The molecule has 2 rings (SSSR count). The molecule has 1 amide bonds. The predicted molar refractivity (Wildman–Crippen MR) is 81.5 cm³/mol. The van der Waals surface area contributed by atoms with E-state index in [1.54, 1.807) is 32.0 Å². The van der Waals surface area contributed by atoms with Gasteiger partial charge in [0.2, 0.25) is 0 Å². The Morgan fingerprint density at radius 3 is 2.50 bits per heavy atom. The van der Waals surface area contributed by atoms with Gasteiger partial charge in [0, 0.05) is 6.54 Å². The molecule has 0 saturated heterocycles. The van der Waals surface area contributed by atoms with Crippen molar-refractivity contribution in [2.45, 2.75) is 13.8 Å². The third-order valence-electron chi connectivity index (χ3n) is 3.43. The van der Waals surface area contributed by atoms with Crippen molar-refractivity contribution in [2.24, 2.45) is 0 Å². The maximum atomic E-state index is 14.1. The van der Waals surface area contributed by atoms with Crippen LogP contribution in [0.1, 0.15) is 33.2 Å². The van der Waals surface area contributed by atoms with Crippen LogP contribution in [0.15, 0.2) is 36.4 Å². The first kappa shape index (κ1) is 15.7. The Kier molecular flexibility index (Phi) is 4.56. The standard InChI is InChI=1S/C17H16FNO3/c1-3-19-16(20)14-8-7-11(9-15(14)18)12-5-4-6-13(10(12)2)17(21)22/h4-9H,3H2,1-2H3,(H,19,20)(H,21,22). The molecule has 2 N–H and O–H groups in total. The van der Waals surface area contributed by atoms with Gasteiger partial charge in [-0.2, -0.15) is 0 Å². The summed E-state index contributed by atoms with van der Waals surface area (Å²) in [7, 11) is 0. The van der Waals surface area contributed by atoms with Crippen LogP contribution in [0.2, 0.25) is 0 Å². The van der Waals surface area contributed by atoms with Gasteiger partial charge in [0.1, 0.15) is 5.82 Å². The lowest BCUT2D eigenvalue weighted by Gasteiger charge is -2.10. The van der Waals surface area contributed by atoms with Gasteiger partial charge in [0.15, 0.2) is 0 Å². The largest absolute Gasteiger partial charge is 0.478 e. The zero-order valence-electron chi connectivity index (χ0n) is 12.3. The molecule has 2 aromatic rings. The van der Waals surface area contributed by atoms with Crippen LogP contribution in [0.3, 0.4) is 0 Å². The van der Waals surface area contributed by atoms with Crippen molar-refractivity contribution >= 4 is 11.9 Å². The average Bonchev–Trinajstić information content (AvgIpc) is 2.47. The molecule has 0 aromatic heterocycles. The topological polar surface area (TPSA) is 66.4 Å². The number of nitrogens with one attached hydrogen (secondary N) is 1. The third-order valence-corrected chi connectivity index (χ3v) is 3.43. The van der Waals surface area contributed by atoms with Gasteiger partial charge in [-0.25, -0.2) is 9.18 Å². The average molecular weight is 301 g/mol. The Hall–Kier alpha value is -2.69. The molecule has 0 spiro atoms. The number of carboxylic acid groups (broad SMARTS) is 1. The molecule has 0 fully saturated rings. The Morgan fingerprint density at radius 2 is 1.91 bits per heavy atom. The van der Waals surface area contributed by atoms with Gasteiger partial charge in [-0.3, -0.25) is 4.79 Å². The maximum Gasteiger partial charge on any atom is 0.335 e. The summed E-state index contributed by atoms with van der Waals surface area (Å²) in [4.78, 5) is 22.9. The first-order chi connectivity index (χ1) is 10.5. The van der Waals surface area contributed by atoms with E-state index in [-0.39, 0.29) is 11.1 Å². The van der Waals surface area contributed by atoms with Crippen molar-refractivity contribution in [1.29, 1.82) is 0 Å². The van der Waals surface area contributed by atoms with Crippen LogP contribution < -0.4 is 5.32 Å². The molecule has 4 nitrogen and oxygen atoms in total. The highest BCUT2D eigenvalue weighted by atomic mass is 19.1. The molecule has 0 aliphatic rings. The van der Waals surface area contributed by atoms with Crippen LogP contribution in [0.4, 0.5) is 4.39 Å². The summed E-state index contributed by atoms with van der Waals surface area (Å²) in [6, 6.07) is 9.10. The molecule has 22 heavy (non-hydrogen) atoms. The molecule has 5 heteroatoms. The van der Waals surface area contributed by atoms with Gasteiger partial charge >= 0.3 is 5.97 Å². The molecule has 0 atom stereocenters. The van der Waals surface area contributed by atoms with E-state index in [1.165, 1.54) is 18.2 Å². The fourth-order valence-electron chi connectivity index (χ4n) is 2.30. The van der Waals surface area contributed by atoms with Crippen molar-refractivity contribution in [3.63, 3.8) is 0 Å². The fraction of sp³-hybridized carbons (Fsp3) is 0.176. The van der Waals surface area contributed by atoms with Gasteiger partial charge < -0.3 is 10.4 Å². The normalized spacial score (nSPS) is 10.3. The van der Waals surface area contributed by atoms with Crippen molar-refractivity contribution in [1.82, 2.24) is 5.32 Å². The predicted octanol–water partition coefficient (Wildman–Crippen LogP) is 3.25. The molecule has 0 heterocycles. The third kappa shape index (κ3) is 2.98. The maximum absolute atomic E-state index is 14.1. The van der Waals surface area contributed by atoms with E-state index in [2.05, 4.69) is 5.32 Å². The number of rotatable bonds is 4. The van der Waals surface area contributed by atoms with E-state index in [0.29, 0.717) is 23.2 Å². The number of amides is 1. The highest BCUT2D eigenvalue weighted by molar-refractivity contribution is 5.95. The van der Waals surface area contributed by atoms with Crippen LogP contribution in [-0.2, 0) is 0 Å². The Labute approximate surface area is 127 Å². The molecule has 0 unspecified atom stereocenters. The zero-order chi connectivity index (χ0) is 16.3. The Bertz CT molecular complexity index is 741. The van der Waals surface area contributed by atoms with E-state index in [1.807, 2.05) is 0 Å². The summed E-state index contributed by atoms with van der Waals surface area (Å²) in [6.45, 7) is 3.85. The highest BCUT2D eigenvalue weighted by Gasteiger charge is 2.15. The van der Waals surface area contributed by atoms with E-state index in [4.69, 9.17) is 5.11 Å². The van der Waals surface area contributed by atoms with Crippen LogP contribution in [-0.4, -0.2) is 23.5 Å². The summed E-state index contributed by atoms with van der Waals surface area (Å²) in [5.74, 6) is -2.13. The molecular formula is C17H16FNO3. The van der Waals surface area contributed by atoms with Gasteiger partial charge in [0.25, 0.3) is 5.91 Å². The first-order valence-corrected chi connectivity index (χ1v) is 6.86. The minimum atomic E-state index is -1.03. The lowest BCUT2D eigenvalue weighted by Crippen LogP contribution is -2.23. The molecule has 2 aromatic carbocycles. The first-order valence-electron chi connectivity index (χ1n) is 6.86.